The maximum Gasteiger partial charge on any atom is 0.416 e. The van der Waals surface area contributed by atoms with Crippen molar-refractivity contribution in [2.24, 2.45) is 0 Å². The Bertz CT molecular complexity index is 529. The molecule has 0 radical (unpaired) electrons. The van der Waals surface area contributed by atoms with Crippen molar-refractivity contribution in [3.63, 3.8) is 0 Å². The Labute approximate surface area is 88.8 Å². The molecule has 4 nitrogen and oxygen atoms in total. The first kappa shape index (κ1) is 10.7. The number of nitrogens with two attached hydrogens (primary N) is 1. The molecule has 1 heterocycles. The van der Waals surface area contributed by atoms with Crippen LogP contribution in [0.25, 0.3) is 11.0 Å². The Hall–Kier alpha value is -1.79. The quantitative estimate of drug-likeness (QED) is 0.763. The largest absolute Gasteiger partial charge is 0.416 e. The fourth-order valence-corrected chi connectivity index (χ4v) is 1.49. The Kier molecular flexibility index (Phi) is 2.25. The minimum atomic E-state index is -4.41. The third kappa shape index (κ3) is 1.58. The maximum atomic E-state index is 12.5. The first-order valence-electron chi connectivity index (χ1n) is 4.63. The number of benzene rings is 1. The number of halogens is 3. The number of alkyl halides is 3. The fraction of sp³-hybridized carbons (Fsp3) is 0.333. The van der Waals surface area contributed by atoms with Gasteiger partial charge in [-0.2, -0.15) is 13.2 Å². The number of nitrogens with zero attached hydrogens (tertiary/aromatic N) is 3. The van der Waals surface area contributed by atoms with E-state index in [1.807, 2.05) is 0 Å². The van der Waals surface area contributed by atoms with E-state index in [-0.39, 0.29) is 5.69 Å². The van der Waals surface area contributed by atoms with E-state index in [9.17, 15) is 13.2 Å². The van der Waals surface area contributed by atoms with Crippen molar-refractivity contribution < 1.29 is 13.2 Å². The number of fused-ring (bicyclic) bond motifs is 1. The molecule has 0 unspecified atom stereocenters. The molecule has 7 heteroatoms. The van der Waals surface area contributed by atoms with E-state index < -0.39 is 11.7 Å². The first-order valence-corrected chi connectivity index (χ1v) is 4.63. The van der Waals surface area contributed by atoms with Crippen LogP contribution in [0.2, 0.25) is 0 Å². The van der Waals surface area contributed by atoms with Crippen LogP contribution in [0.3, 0.4) is 0 Å². The highest BCUT2D eigenvalue weighted by molar-refractivity contribution is 5.87. The fourth-order valence-electron chi connectivity index (χ4n) is 1.49. The summed E-state index contributed by atoms with van der Waals surface area (Å²) in [7, 11) is 0. The number of aromatic nitrogens is 3. The van der Waals surface area contributed by atoms with Crippen molar-refractivity contribution in [2.45, 2.75) is 19.6 Å². The van der Waals surface area contributed by atoms with Crippen molar-refractivity contribution in [3.05, 3.63) is 17.7 Å². The number of nitrogen functional groups attached to an aromatic ring is 1. The van der Waals surface area contributed by atoms with Crippen LogP contribution in [0.1, 0.15) is 12.5 Å². The van der Waals surface area contributed by atoms with Gasteiger partial charge in [-0.05, 0) is 19.1 Å². The Morgan fingerprint density at radius 2 is 2.06 bits per heavy atom. The van der Waals surface area contributed by atoms with Crippen molar-refractivity contribution in [1.29, 1.82) is 0 Å². The molecule has 0 aliphatic rings. The van der Waals surface area contributed by atoms with Crippen molar-refractivity contribution in [2.75, 3.05) is 5.73 Å². The SMILES string of the molecule is CCn1nnc2c(N)cc(C(F)(F)F)cc21. The number of rotatable bonds is 1. The predicted molar refractivity (Wildman–Crippen MR) is 52.6 cm³/mol. The van der Waals surface area contributed by atoms with Gasteiger partial charge < -0.3 is 5.73 Å². The molecule has 0 atom stereocenters. The number of hydrogen-bond acceptors (Lipinski definition) is 3. The second kappa shape index (κ2) is 3.36. The van der Waals surface area contributed by atoms with Crippen LogP contribution < -0.4 is 5.73 Å². The lowest BCUT2D eigenvalue weighted by atomic mass is 10.1. The van der Waals surface area contributed by atoms with Gasteiger partial charge in [-0.15, -0.1) is 5.10 Å². The Balaban J connectivity index is 2.73. The second-order valence-corrected chi connectivity index (χ2v) is 3.34. The minimum Gasteiger partial charge on any atom is -0.397 e. The predicted octanol–water partition coefficient (Wildman–Crippen LogP) is 2.05. The molecule has 1 aromatic heterocycles. The van der Waals surface area contributed by atoms with Gasteiger partial charge in [0.15, 0.2) is 0 Å². The van der Waals surface area contributed by atoms with Gasteiger partial charge in [-0.1, -0.05) is 5.21 Å². The normalized spacial score (nSPS) is 12.2. The Morgan fingerprint density at radius 1 is 1.38 bits per heavy atom. The smallest absolute Gasteiger partial charge is 0.397 e. The highest BCUT2D eigenvalue weighted by Gasteiger charge is 2.31. The van der Waals surface area contributed by atoms with Crippen LogP contribution in [0.5, 0.6) is 0 Å². The standard InChI is InChI=1S/C9H9F3N4/c1-2-16-7-4-5(9(10,11)12)3-6(13)8(7)14-15-16/h3-4H,2,13H2,1H3. The van der Waals surface area contributed by atoms with Gasteiger partial charge in [0, 0.05) is 6.54 Å². The molecule has 16 heavy (non-hydrogen) atoms. The van der Waals surface area contributed by atoms with Crippen LogP contribution in [0, 0.1) is 0 Å². The molecule has 0 aliphatic heterocycles. The zero-order chi connectivity index (χ0) is 11.9. The lowest BCUT2D eigenvalue weighted by molar-refractivity contribution is -0.137. The molecule has 0 spiro atoms. The molecular formula is C9H9F3N4. The molecule has 0 aliphatic carbocycles. The molecule has 0 saturated heterocycles. The zero-order valence-corrected chi connectivity index (χ0v) is 8.41. The second-order valence-electron chi connectivity index (χ2n) is 3.34. The molecule has 0 saturated carbocycles. The molecule has 0 fully saturated rings. The maximum absolute atomic E-state index is 12.5. The molecule has 2 aromatic rings. The number of hydrogen-bond donors (Lipinski definition) is 1. The molecule has 2 rings (SSSR count). The van der Waals surface area contributed by atoms with Crippen LogP contribution in [-0.2, 0) is 12.7 Å². The van der Waals surface area contributed by atoms with Crippen LogP contribution in [-0.4, -0.2) is 15.0 Å². The summed E-state index contributed by atoms with van der Waals surface area (Å²) in [4.78, 5) is 0. The summed E-state index contributed by atoms with van der Waals surface area (Å²) in [6.07, 6.45) is -4.41. The lowest BCUT2D eigenvalue weighted by Crippen LogP contribution is -2.06. The highest BCUT2D eigenvalue weighted by Crippen LogP contribution is 2.33. The van der Waals surface area contributed by atoms with Crippen LogP contribution in [0.4, 0.5) is 18.9 Å². The van der Waals surface area contributed by atoms with Crippen molar-refractivity contribution in [3.8, 4) is 0 Å². The molecule has 0 bridgehead atoms. The average molecular weight is 230 g/mol. The third-order valence-corrected chi connectivity index (χ3v) is 2.28. The molecule has 0 amide bonds. The summed E-state index contributed by atoms with van der Waals surface area (Å²) < 4.78 is 39.0. The molecule has 1 aromatic carbocycles. The summed E-state index contributed by atoms with van der Waals surface area (Å²) in [5, 5.41) is 7.45. The highest BCUT2D eigenvalue weighted by atomic mass is 19.4. The minimum absolute atomic E-state index is 0.00970. The number of aryl methyl sites for hydroxylation is 1. The van der Waals surface area contributed by atoms with E-state index in [0.717, 1.165) is 12.1 Å². The topological polar surface area (TPSA) is 56.7 Å². The molecule has 2 N–H and O–H groups in total. The number of anilines is 1. The van der Waals surface area contributed by atoms with E-state index in [1.54, 1.807) is 6.92 Å². The molecular weight excluding hydrogens is 221 g/mol. The van der Waals surface area contributed by atoms with Gasteiger partial charge in [0.25, 0.3) is 0 Å². The summed E-state index contributed by atoms with van der Waals surface area (Å²) in [5.74, 6) is 0. The van der Waals surface area contributed by atoms with Gasteiger partial charge in [-0.3, -0.25) is 0 Å². The van der Waals surface area contributed by atoms with E-state index in [0.29, 0.717) is 17.6 Å². The first-order chi connectivity index (χ1) is 7.43. The lowest BCUT2D eigenvalue weighted by Gasteiger charge is -2.08. The molecule has 86 valence electrons. The van der Waals surface area contributed by atoms with E-state index >= 15 is 0 Å². The zero-order valence-electron chi connectivity index (χ0n) is 8.41. The summed E-state index contributed by atoms with van der Waals surface area (Å²) in [6, 6.07) is 1.88. The third-order valence-electron chi connectivity index (χ3n) is 2.28. The Morgan fingerprint density at radius 3 is 2.62 bits per heavy atom. The summed E-state index contributed by atoms with van der Waals surface area (Å²) in [6.45, 7) is 2.21. The van der Waals surface area contributed by atoms with Gasteiger partial charge in [0.1, 0.15) is 5.52 Å². The van der Waals surface area contributed by atoms with Crippen molar-refractivity contribution in [1.82, 2.24) is 15.0 Å². The van der Waals surface area contributed by atoms with Crippen molar-refractivity contribution >= 4 is 16.7 Å². The van der Waals surface area contributed by atoms with E-state index in [1.165, 1.54) is 4.68 Å². The van der Waals surface area contributed by atoms with E-state index in [2.05, 4.69) is 10.3 Å². The summed E-state index contributed by atoms with van der Waals surface area (Å²) >= 11 is 0. The van der Waals surface area contributed by atoms with Gasteiger partial charge >= 0.3 is 6.18 Å². The monoisotopic (exact) mass is 230 g/mol. The average Bonchev–Trinajstić information content (AvgIpc) is 2.59. The van der Waals surface area contributed by atoms with Crippen LogP contribution in [0.15, 0.2) is 12.1 Å². The van der Waals surface area contributed by atoms with Gasteiger partial charge in [0.2, 0.25) is 0 Å². The van der Waals surface area contributed by atoms with Gasteiger partial charge in [-0.25, -0.2) is 4.68 Å². The van der Waals surface area contributed by atoms with Crippen LogP contribution >= 0.6 is 0 Å². The van der Waals surface area contributed by atoms with E-state index in [4.69, 9.17) is 5.73 Å². The van der Waals surface area contributed by atoms with Gasteiger partial charge in [0.05, 0.1) is 16.8 Å². The summed E-state index contributed by atoms with van der Waals surface area (Å²) in [5.41, 5.74) is 5.31.